The normalized spacial score (nSPS) is 39.0. The van der Waals surface area contributed by atoms with Crippen molar-refractivity contribution in [3.63, 3.8) is 0 Å². The van der Waals surface area contributed by atoms with Crippen LogP contribution in [-0.2, 0) is 9.53 Å². The second-order valence-corrected chi connectivity index (χ2v) is 8.35. The molecule has 1 aromatic carbocycles. The van der Waals surface area contributed by atoms with Gasteiger partial charge >= 0.3 is 5.97 Å². The van der Waals surface area contributed by atoms with Gasteiger partial charge in [0.2, 0.25) is 0 Å². The molecule has 3 fully saturated rings. The number of carbonyl (C=O) groups is 1. The van der Waals surface area contributed by atoms with Gasteiger partial charge in [-0.3, -0.25) is 4.79 Å². The van der Waals surface area contributed by atoms with Gasteiger partial charge in [-0.05, 0) is 55.4 Å². The van der Waals surface area contributed by atoms with Crippen LogP contribution < -0.4 is 0 Å². The van der Waals surface area contributed by atoms with E-state index in [0.717, 1.165) is 30.2 Å². The van der Waals surface area contributed by atoms with Crippen molar-refractivity contribution in [1.82, 2.24) is 0 Å². The molecule has 4 rings (SSSR count). The highest BCUT2D eigenvalue weighted by molar-refractivity contribution is 5.78. The van der Waals surface area contributed by atoms with Crippen LogP contribution in [0.15, 0.2) is 30.3 Å². The lowest BCUT2D eigenvalue weighted by atomic mass is 9.78. The molecule has 3 aliphatic rings. The predicted molar refractivity (Wildman–Crippen MR) is 86.4 cm³/mol. The summed E-state index contributed by atoms with van der Waals surface area (Å²) in [5, 5.41) is 0. The lowest BCUT2D eigenvalue weighted by molar-refractivity contribution is -0.166. The van der Waals surface area contributed by atoms with Crippen molar-refractivity contribution in [1.29, 1.82) is 0 Å². The molecule has 0 N–H and O–H groups in total. The van der Waals surface area contributed by atoms with Crippen molar-refractivity contribution in [2.24, 2.45) is 23.2 Å². The predicted octanol–water partition coefficient (Wildman–Crippen LogP) is 4.55. The van der Waals surface area contributed by atoms with Crippen molar-refractivity contribution in [3.8, 4) is 0 Å². The molecule has 0 saturated heterocycles. The van der Waals surface area contributed by atoms with E-state index in [0.29, 0.717) is 11.3 Å². The fourth-order valence-electron chi connectivity index (χ4n) is 5.96. The van der Waals surface area contributed by atoms with E-state index in [1.165, 1.54) is 12.8 Å². The molecule has 0 aromatic heterocycles. The van der Waals surface area contributed by atoms with Gasteiger partial charge in [-0.2, -0.15) is 0 Å². The third kappa shape index (κ3) is 1.82. The molecule has 2 nitrogen and oxygen atoms in total. The summed E-state index contributed by atoms with van der Waals surface area (Å²) in [5.74, 6) is 1.90. The molecule has 3 aliphatic carbocycles. The van der Waals surface area contributed by atoms with Gasteiger partial charge in [-0.15, -0.1) is 0 Å². The Labute approximate surface area is 133 Å². The molecule has 22 heavy (non-hydrogen) atoms. The zero-order valence-corrected chi connectivity index (χ0v) is 13.8. The zero-order valence-electron chi connectivity index (χ0n) is 13.8. The SMILES string of the molecule is CC(C(=O)O[C@@]12CC[C@H]3C[C@H](C1)C(C)(C)[C@@H]32)c1ccccc1. The summed E-state index contributed by atoms with van der Waals surface area (Å²) >= 11 is 0. The fourth-order valence-corrected chi connectivity index (χ4v) is 5.96. The van der Waals surface area contributed by atoms with Crippen LogP contribution in [0.5, 0.6) is 0 Å². The van der Waals surface area contributed by atoms with E-state index in [9.17, 15) is 4.79 Å². The Morgan fingerprint density at radius 1 is 1.27 bits per heavy atom. The highest BCUT2D eigenvalue weighted by Gasteiger charge is 2.69. The molecule has 1 unspecified atom stereocenters. The Morgan fingerprint density at radius 3 is 2.68 bits per heavy atom. The number of hydrogen-bond donors (Lipinski definition) is 0. The molecule has 1 aromatic rings. The molecule has 0 heterocycles. The van der Waals surface area contributed by atoms with Gasteiger partial charge in [0, 0.05) is 5.92 Å². The number of ether oxygens (including phenoxy) is 1. The maximum Gasteiger partial charge on any atom is 0.313 e. The summed E-state index contributed by atoms with van der Waals surface area (Å²) in [6, 6.07) is 10.0. The van der Waals surface area contributed by atoms with Gasteiger partial charge in [-0.25, -0.2) is 0 Å². The van der Waals surface area contributed by atoms with Crippen molar-refractivity contribution in [2.75, 3.05) is 0 Å². The smallest absolute Gasteiger partial charge is 0.313 e. The second-order valence-electron chi connectivity index (χ2n) is 8.35. The van der Waals surface area contributed by atoms with E-state index in [-0.39, 0.29) is 17.5 Å². The third-order valence-corrected chi connectivity index (χ3v) is 6.97. The standard InChI is InChI=1S/C20H26O2/c1-13(14-7-5-4-6-8-14)18(21)22-20-10-9-15-11-16(12-20)19(2,3)17(15)20/h4-8,13,15-17H,9-12H2,1-3H3/t13?,15-,16+,17+,20-/m0/s1. The Balaban J connectivity index is 1.56. The Bertz CT molecular complexity index is 591. The van der Waals surface area contributed by atoms with E-state index in [1.54, 1.807) is 0 Å². The minimum Gasteiger partial charge on any atom is -0.458 e. The number of rotatable bonds is 3. The Hall–Kier alpha value is -1.31. The number of fused-ring (bicyclic) bond motifs is 1. The maximum absolute atomic E-state index is 12.7. The minimum absolute atomic E-state index is 0.0322. The van der Waals surface area contributed by atoms with E-state index in [1.807, 2.05) is 37.3 Å². The molecule has 0 aliphatic heterocycles. The first-order valence-corrected chi connectivity index (χ1v) is 8.72. The van der Waals surface area contributed by atoms with E-state index in [4.69, 9.17) is 4.74 Å². The summed E-state index contributed by atoms with van der Waals surface area (Å²) in [4.78, 5) is 12.7. The van der Waals surface area contributed by atoms with Gasteiger partial charge in [-0.1, -0.05) is 44.2 Å². The van der Waals surface area contributed by atoms with Gasteiger partial charge < -0.3 is 4.74 Å². The molecule has 2 bridgehead atoms. The quantitative estimate of drug-likeness (QED) is 0.765. The van der Waals surface area contributed by atoms with Crippen LogP contribution in [0, 0.1) is 23.2 Å². The largest absolute Gasteiger partial charge is 0.458 e. The van der Waals surface area contributed by atoms with Crippen LogP contribution >= 0.6 is 0 Å². The van der Waals surface area contributed by atoms with E-state index < -0.39 is 0 Å². The van der Waals surface area contributed by atoms with Crippen molar-refractivity contribution >= 4 is 5.97 Å². The number of esters is 1. The van der Waals surface area contributed by atoms with Crippen LogP contribution in [-0.4, -0.2) is 11.6 Å². The molecule has 2 heteroatoms. The topological polar surface area (TPSA) is 26.3 Å². The van der Waals surface area contributed by atoms with Crippen LogP contribution in [0.2, 0.25) is 0 Å². The lowest BCUT2D eigenvalue weighted by Gasteiger charge is -2.36. The molecule has 0 amide bonds. The summed E-state index contributed by atoms with van der Waals surface area (Å²) in [6.45, 7) is 6.76. The van der Waals surface area contributed by atoms with Crippen LogP contribution in [0.1, 0.15) is 57.9 Å². The van der Waals surface area contributed by atoms with Gasteiger partial charge in [0.25, 0.3) is 0 Å². The second kappa shape index (κ2) is 4.59. The molecular formula is C20H26O2. The average molecular weight is 298 g/mol. The number of benzene rings is 1. The van der Waals surface area contributed by atoms with Crippen molar-refractivity contribution in [2.45, 2.75) is 58.0 Å². The van der Waals surface area contributed by atoms with Gasteiger partial charge in [0.05, 0.1) is 5.92 Å². The Morgan fingerprint density at radius 2 is 2.00 bits per heavy atom. The first-order chi connectivity index (χ1) is 10.4. The van der Waals surface area contributed by atoms with E-state index in [2.05, 4.69) is 13.8 Å². The van der Waals surface area contributed by atoms with E-state index >= 15 is 0 Å². The molecule has 5 atom stereocenters. The van der Waals surface area contributed by atoms with Gasteiger partial charge in [0.1, 0.15) is 5.60 Å². The van der Waals surface area contributed by atoms with Crippen LogP contribution in [0.25, 0.3) is 0 Å². The number of carbonyl (C=O) groups excluding carboxylic acids is 1. The molecule has 0 radical (unpaired) electrons. The lowest BCUT2D eigenvalue weighted by Crippen LogP contribution is -2.41. The van der Waals surface area contributed by atoms with Crippen LogP contribution in [0.3, 0.4) is 0 Å². The van der Waals surface area contributed by atoms with Crippen LogP contribution in [0.4, 0.5) is 0 Å². The highest BCUT2D eigenvalue weighted by Crippen LogP contribution is 2.71. The molecule has 3 saturated carbocycles. The van der Waals surface area contributed by atoms with Crippen molar-refractivity contribution in [3.05, 3.63) is 35.9 Å². The Kier molecular flexibility index (Phi) is 2.99. The summed E-state index contributed by atoms with van der Waals surface area (Å²) < 4.78 is 6.24. The third-order valence-electron chi connectivity index (χ3n) is 6.97. The summed E-state index contributed by atoms with van der Waals surface area (Å²) in [6.07, 6.45) is 4.77. The highest BCUT2D eigenvalue weighted by atomic mass is 16.6. The summed E-state index contributed by atoms with van der Waals surface area (Å²) in [5.41, 5.74) is 1.25. The molecule has 118 valence electrons. The zero-order chi connectivity index (χ0) is 15.5. The molecule has 0 spiro atoms. The molecular weight excluding hydrogens is 272 g/mol. The average Bonchev–Trinajstić information content (AvgIpc) is 2.98. The monoisotopic (exact) mass is 298 g/mol. The maximum atomic E-state index is 12.7. The first-order valence-electron chi connectivity index (χ1n) is 8.72. The first kappa shape index (κ1) is 14.3. The fraction of sp³-hybridized carbons (Fsp3) is 0.650. The number of hydrogen-bond acceptors (Lipinski definition) is 2. The summed E-state index contributed by atoms with van der Waals surface area (Å²) in [7, 11) is 0. The van der Waals surface area contributed by atoms with Gasteiger partial charge in [0.15, 0.2) is 0 Å². The minimum atomic E-state index is -0.170. The van der Waals surface area contributed by atoms with Crippen molar-refractivity contribution < 1.29 is 9.53 Å².